The Bertz CT molecular complexity index is 819. The van der Waals surface area contributed by atoms with Crippen molar-refractivity contribution in [2.24, 2.45) is 0 Å². The van der Waals surface area contributed by atoms with Crippen molar-refractivity contribution in [2.45, 2.75) is 5.16 Å². The van der Waals surface area contributed by atoms with Gasteiger partial charge in [-0.2, -0.15) is 0 Å². The van der Waals surface area contributed by atoms with Gasteiger partial charge in [-0.3, -0.25) is 14.3 Å². The van der Waals surface area contributed by atoms with E-state index in [-0.39, 0.29) is 5.75 Å². The Hall–Kier alpha value is -2.05. The van der Waals surface area contributed by atoms with Gasteiger partial charge in [-0.25, -0.2) is 4.98 Å². The number of imidazole rings is 1. The van der Waals surface area contributed by atoms with E-state index in [9.17, 15) is 4.79 Å². The van der Waals surface area contributed by atoms with Gasteiger partial charge >= 0.3 is 5.97 Å². The molecular formula is C14H10ClN3O2S. The molecular weight excluding hydrogens is 310 g/mol. The lowest BCUT2D eigenvalue weighted by atomic mass is 10.2. The third kappa shape index (κ3) is 2.72. The maximum Gasteiger partial charge on any atom is 0.313 e. The van der Waals surface area contributed by atoms with Crippen LogP contribution < -0.4 is 0 Å². The molecule has 0 aliphatic rings. The summed E-state index contributed by atoms with van der Waals surface area (Å²) in [6, 6.07) is 7.37. The second-order valence-corrected chi connectivity index (χ2v) is 5.58. The summed E-state index contributed by atoms with van der Waals surface area (Å²) in [7, 11) is 0. The fourth-order valence-electron chi connectivity index (χ4n) is 2.02. The van der Waals surface area contributed by atoms with Gasteiger partial charge in [0.15, 0.2) is 5.16 Å². The highest BCUT2D eigenvalue weighted by Crippen LogP contribution is 2.29. The molecule has 21 heavy (non-hydrogen) atoms. The summed E-state index contributed by atoms with van der Waals surface area (Å²) in [6.07, 6.45) is 5.11. The van der Waals surface area contributed by atoms with Crippen molar-refractivity contribution >= 4 is 40.2 Å². The number of benzene rings is 1. The largest absolute Gasteiger partial charge is 0.481 e. The van der Waals surface area contributed by atoms with Crippen LogP contribution in [0.3, 0.4) is 0 Å². The van der Waals surface area contributed by atoms with E-state index >= 15 is 0 Å². The molecule has 1 N–H and O–H groups in total. The molecule has 7 heteroatoms. The van der Waals surface area contributed by atoms with Crippen LogP contribution in [0.2, 0.25) is 5.02 Å². The number of carboxylic acid groups (broad SMARTS) is 1. The van der Waals surface area contributed by atoms with E-state index in [1.807, 2.05) is 22.8 Å². The molecule has 0 radical (unpaired) electrons. The Morgan fingerprint density at radius 2 is 2.14 bits per heavy atom. The number of carboxylic acids is 1. The van der Waals surface area contributed by atoms with Crippen molar-refractivity contribution in [1.82, 2.24) is 14.5 Å². The Morgan fingerprint density at radius 1 is 1.29 bits per heavy atom. The SMILES string of the molecule is O=C(O)CSc1nccn1-c1ccc(Cl)c2cccnc12. The monoisotopic (exact) mass is 319 g/mol. The number of halogens is 1. The number of aromatic nitrogens is 3. The Labute approximate surface area is 129 Å². The average Bonchev–Trinajstić information content (AvgIpc) is 2.94. The fraction of sp³-hybridized carbons (Fsp3) is 0.0714. The molecule has 106 valence electrons. The van der Waals surface area contributed by atoms with Crippen LogP contribution >= 0.6 is 23.4 Å². The molecule has 0 aliphatic carbocycles. The fourth-order valence-corrected chi connectivity index (χ4v) is 2.93. The highest BCUT2D eigenvalue weighted by molar-refractivity contribution is 7.99. The Morgan fingerprint density at radius 3 is 2.95 bits per heavy atom. The van der Waals surface area contributed by atoms with Crippen LogP contribution in [0.4, 0.5) is 0 Å². The molecule has 0 fully saturated rings. The van der Waals surface area contributed by atoms with Crippen LogP contribution in [-0.2, 0) is 4.79 Å². The van der Waals surface area contributed by atoms with Crippen LogP contribution in [0, 0.1) is 0 Å². The van der Waals surface area contributed by atoms with E-state index in [4.69, 9.17) is 16.7 Å². The van der Waals surface area contributed by atoms with Gasteiger partial charge in [0, 0.05) is 24.0 Å². The first-order valence-corrected chi connectivity index (χ1v) is 7.45. The summed E-state index contributed by atoms with van der Waals surface area (Å²) in [6.45, 7) is 0. The van der Waals surface area contributed by atoms with Gasteiger partial charge in [0.05, 0.1) is 22.0 Å². The van der Waals surface area contributed by atoms with Crippen LogP contribution in [0.25, 0.3) is 16.6 Å². The second kappa shape index (κ2) is 5.75. The van der Waals surface area contributed by atoms with Crippen molar-refractivity contribution in [3.05, 3.63) is 47.9 Å². The quantitative estimate of drug-likeness (QED) is 0.748. The number of rotatable bonds is 4. The summed E-state index contributed by atoms with van der Waals surface area (Å²) in [5.41, 5.74) is 1.57. The number of hydrogen-bond donors (Lipinski definition) is 1. The zero-order chi connectivity index (χ0) is 14.8. The van der Waals surface area contributed by atoms with Crippen LogP contribution in [-0.4, -0.2) is 31.4 Å². The van der Waals surface area contributed by atoms with Crippen molar-refractivity contribution in [1.29, 1.82) is 0 Å². The molecule has 3 rings (SSSR count). The van der Waals surface area contributed by atoms with Crippen molar-refractivity contribution in [3.8, 4) is 5.69 Å². The molecule has 0 atom stereocenters. The summed E-state index contributed by atoms with van der Waals surface area (Å²) in [5, 5.41) is 10.9. The van der Waals surface area contributed by atoms with Gasteiger partial charge in [-0.1, -0.05) is 23.4 Å². The molecule has 2 aromatic heterocycles. The predicted molar refractivity (Wildman–Crippen MR) is 82.2 cm³/mol. The third-order valence-corrected chi connectivity index (χ3v) is 4.17. The first-order chi connectivity index (χ1) is 10.2. The molecule has 0 unspecified atom stereocenters. The van der Waals surface area contributed by atoms with Gasteiger partial charge in [0.1, 0.15) is 0 Å². The Balaban J connectivity index is 2.11. The van der Waals surface area contributed by atoms with Gasteiger partial charge in [0.25, 0.3) is 0 Å². The molecule has 0 aliphatic heterocycles. The van der Waals surface area contributed by atoms with Gasteiger partial charge < -0.3 is 5.11 Å². The first kappa shape index (κ1) is 13.9. The lowest BCUT2D eigenvalue weighted by Crippen LogP contribution is -2.02. The highest BCUT2D eigenvalue weighted by Gasteiger charge is 2.12. The van der Waals surface area contributed by atoms with E-state index in [1.165, 1.54) is 0 Å². The third-order valence-electron chi connectivity index (χ3n) is 2.89. The summed E-state index contributed by atoms with van der Waals surface area (Å²) >= 11 is 7.35. The van der Waals surface area contributed by atoms with Gasteiger partial charge in [-0.15, -0.1) is 0 Å². The highest BCUT2D eigenvalue weighted by atomic mass is 35.5. The van der Waals surface area contributed by atoms with E-state index in [2.05, 4.69) is 9.97 Å². The lowest BCUT2D eigenvalue weighted by molar-refractivity contribution is -0.133. The van der Waals surface area contributed by atoms with E-state index in [0.29, 0.717) is 10.2 Å². The first-order valence-electron chi connectivity index (χ1n) is 6.08. The topological polar surface area (TPSA) is 68.0 Å². The molecule has 0 spiro atoms. The maximum atomic E-state index is 10.7. The number of hydrogen-bond acceptors (Lipinski definition) is 4. The molecule has 1 aromatic carbocycles. The molecule has 0 amide bonds. The molecule has 5 nitrogen and oxygen atoms in total. The number of pyridine rings is 1. The zero-order valence-corrected chi connectivity index (χ0v) is 12.3. The molecule has 3 aromatic rings. The summed E-state index contributed by atoms with van der Waals surface area (Å²) in [4.78, 5) is 19.3. The van der Waals surface area contributed by atoms with E-state index in [0.717, 1.165) is 28.4 Å². The smallest absolute Gasteiger partial charge is 0.313 e. The van der Waals surface area contributed by atoms with Crippen LogP contribution in [0.5, 0.6) is 0 Å². The minimum atomic E-state index is -0.881. The van der Waals surface area contributed by atoms with Crippen molar-refractivity contribution < 1.29 is 9.90 Å². The van der Waals surface area contributed by atoms with Crippen molar-refractivity contribution in [3.63, 3.8) is 0 Å². The number of aliphatic carboxylic acids is 1. The normalized spacial score (nSPS) is 10.9. The number of carbonyl (C=O) groups is 1. The molecule has 2 heterocycles. The molecule has 0 bridgehead atoms. The van der Waals surface area contributed by atoms with E-state index in [1.54, 1.807) is 24.7 Å². The summed E-state index contributed by atoms with van der Waals surface area (Å²) in [5.74, 6) is -0.927. The lowest BCUT2D eigenvalue weighted by Gasteiger charge is -2.10. The van der Waals surface area contributed by atoms with Gasteiger partial charge in [-0.05, 0) is 24.3 Å². The molecule has 0 saturated heterocycles. The number of thioether (sulfide) groups is 1. The van der Waals surface area contributed by atoms with Gasteiger partial charge in [0.2, 0.25) is 0 Å². The molecule has 0 saturated carbocycles. The zero-order valence-electron chi connectivity index (χ0n) is 10.7. The Kier molecular flexibility index (Phi) is 3.81. The van der Waals surface area contributed by atoms with Crippen molar-refractivity contribution in [2.75, 3.05) is 5.75 Å². The predicted octanol–water partition coefficient (Wildman–Crippen LogP) is 3.25. The maximum absolute atomic E-state index is 10.7. The summed E-state index contributed by atoms with van der Waals surface area (Å²) < 4.78 is 1.82. The number of nitrogens with zero attached hydrogens (tertiary/aromatic N) is 3. The van der Waals surface area contributed by atoms with Crippen LogP contribution in [0.1, 0.15) is 0 Å². The minimum absolute atomic E-state index is 0.0457. The minimum Gasteiger partial charge on any atom is -0.481 e. The standard InChI is InChI=1S/C14H10ClN3O2S/c15-10-3-4-11(13-9(10)2-1-5-16-13)18-7-6-17-14(18)21-8-12(19)20/h1-7H,8H2,(H,19,20). The number of fused-ring (bicyclic) bond motifs is 1. The van der Waals surface area contributed by atoms with Crippen LogP contribution in [0.15, 0.2) is 48.0 Å². The van der Waals surface area contributed by atoms with E-state index < -0.39 is 5.97 Å². The average molecular weight is 320 g/mol. The second-order valence-electron chi connectivity index (χ2n) is 4.23.